The van der Waals surface area contributed by atoms with E-state index < -0.39 is 11.7 Å². The molecule has 0 aliphatic rings. The summed E-state index contributed by atoms with van der Waals surface area (Å²) >= 11 is 0. The van der Waals surface area contributed by atoms with Crippen LogP contribution in [0.2, 0.25) is 0 Å². The van der Waals surface area contributed by atoms with E-state index in [4.69, 9.17) is 9.72 Å². The van der Waals surface area contributed by atoms with E-state index in [1.807, 2.05) is 107 Å². The lowest BCUT2D eigenvalue weighted by atomic mass is 10.1. The molecular weight excluding hydrogens is 504 g/mol. The molecule has 1 aromatic heterocycles. The summed E-state index contributed by atoms with van der Waals surface area (Å²) in [6, 6.07) is 19.5. The summed E-state index contributed by atoms with van der Waals surface area (Å²) in [7, 11) is 4.00. The number of hydrogen-bond acceptors (Lipinski definition) is 5. The number of urea groups is 1. The summed E-state index contributed by atoms with van der Waals surface area (Å²) in [5, 5.41) is 6.04. The molecule has 3 rings (SSSR count). The van der Waals surface area contributed by atoms with Gasteiger partial charge in [0.05, 0.1) is 11.7 Å². The largest absolute Gasteiger partial charge is 0.444 e. The van der Waals surface area contributed by atoms with Crippen LogP contribution < -0.4 is 10.6 Å². The van der Waals surface area contributed by atoms with Gasteiger partial charge in [-0.15, -0.1) is 0 Å². The molecule has 0 bridgehead atoms. The number of H-pyrrole nitrogens is 1. The molecule has 3 N–H and O–H groups in total. The zero-order valence-electron chi connectivity index (χ0n) is 24.4. The van der Waals surface area contributed by atoms with Crippen molar-refractivity contribution in [3.63, 3.8) is 0 Å². The Morgan fingerprint density at radius 2 is 1.65 bits per heavy atom. The molecule has 3 aromatic rings. The number of alkyl carbamates (subject to hydrolysis) is 1. The number of carbonyl (C=O) groups is 2. The first kappa shape index (κ1) is 30.7. The van der Waals surface area contributed by atoms with Crippen molar-refractivity contribution < 1.29 is 14.3 Å². The fourth-order valence-corrected chi connectivity index (χ4v) is 4.14. The highest BCUT2D eigenvalue weighted by molar-refractivity contribution is 5.74. The van der Waals surface area contributed by atoms with Crippen molar-refractivity contribution in [2.24, 2.45) is 0 Å². The molecular formula is C31H44N6O3. The van der Waals surface area contributed by atoms with Crippen molar-refractivity contribution >= 4 is 12.1 Å². The molecule has 1 heterocycles. The van der Waals surface area contributed by atoms with Gasteiger partial charge in [-0.3, -0.25) is 0 Å². The molecule has 9 heteroatoms. The average Bonchev–Trinajstić information content (AvgIpc) is 3.40. The Hall–Kier alpha value is -3.85. The number of imidazole rings is 1. The Bertz CT molecular complexity index is 1170. The van der Waals surface area contributed by atoms with Crippen LogP contribution in [0.15, 0.2) is 66.9 Å². The molecule has 216 valence electrons. The van der Waals surface area contributed by atoms with Gasteiger partial charge in [0.2, 0.25) is 0 Å². The third-order valence-electron chi connectivity index (χ3n) is 6.20. The summed E-state index contributed by atoms with van der Waals surface area (Å²) in [5.41, 5.74) is 2.38. The summed E-state index contributed by atoms with van der Waals surface area (Å²) in [5.74, 6) is 0.708. The summed E-state index contributed by atoms with van der Waals surface area (Å²) in [6.45, 7) is 7.87. The van der Waals surface area contributed by atoms with Crippen molar-refractivity contribution in [2.75, 3.05) is 33.7 Å². The smallest absolute Gasteiger partial charge is 0.407 e. The first-order chi connectivity index (χ1) is 19.1. The fourth-order valence-electron chi connectivity index (χ4n) is 4.14. The first-order valence-corrected chi connectivity index (χ1v) is 13.9. The molecule has 9 nitrogen and oxygen atoms in total. The van der Waals surface area contributed by atoms with Crippen LogP contribution in [-0.4, -0.2) is 71.2 Å². The van der Waals surface area contributed by atoms with E-state index in [0.717, 1.165) is 36.2 Å². The molecule has 2 aromatic carbocycles. The molecule has 0 saturated heterocycles. The van der Waals surface area contributed by atoms with Gasteiger partial charge in [0.15, 0.2) is 0 Å². The normalized spacial score (nSPS) is 12.2. The van der Waals surface area contributed by atoms with Gasteiger partial charge in [-0.05, 0) is 59.7 Å². The maximum atomic E-state index is 13.6. The molecule has 40 heavy (non-hydrogen) atoms. The third-order valence-corrected chi connectivity index (χ3v) is 6.20. The maximum Gasteiger partial charge on any atom is 0.407 e. The second-order valence-electron chi connectivity index (χ2n) is 11.2. The lowest BCUT2D eigenvalue weighted by Gasteiger charge is -2.27. The predicted molar refractivity (Wildman–Crippen MR) is 159 cm³/mol. The van der Waals surface area contributed by atoms with Crippen molar-refractivity contribution in [1.82, 2.24) is 30.4 Å². The molecule has 0 radical (unpaired) electrons. The minimum absolute atomic E-state index is 0.139. The van der Waals surface area contributed by atoms with Crippen LogP contribution in [0.1, 0.15) is 57.5 Å². The van der Waals surface area contributed by atoms with E-state index in [0.29, 0.717) is 31.9 Å². The van der Waals surface area contributed by atoms with E-state index in [2.05, 4.69) is 20.5 Å². The Morgan fingerprint density at radius 1 is 0.975 bits per heavy atom. The minimum Gasteiger partial charge on any atom is -0.444 e. The van der Waals surface area contributed by atoms with Gasteiger partial charge in [-0.1, -0.05) is 60.7 Å². The number of ether oxygens (including phenoxy) is 1. The number of nitrogens with zero attached hydrogens (tertiary/aromatic N) is 3. The van der Waals surface area contributed by atoms with Gasteiger partial charge >= 0.3 is 12.1 Å². The lowest BCUT2D eigenvalue weighted by molar-refractivity contribution is 0.0527. The number of benzene rings is 2. The quantitative estimate of drug-likeness (QED) is 0.242. The number of unbranched alkanes of at least 4 members (excludes halogenated alkanes) is 1. The van der Waals surface area contributed by atoms with Crippen molar-refractivity contribution in [3.05, 3.63) is 78.2 Å². The predicted octanol–water partition coefficient (Wildman–Crippen LogP) is 5.59. The average molecular weight is 549 g/mol. The molecule has 1 atom stereocenters. The number of amides is 3. The van der Waals surface area contributed by atoms with Crippen LogP contribution in [0.5, 0.6) is 0 Å². The third kappa shape index (κ3) is 10.7. The summed E-state index contributed by atoms with van der Waals surface area (Å²) in [4.78, 5) is 37.6. The number of carbonyl (C=O) groups excluding carboxylic acids is 2. The van der Waals surface area contributed by atoms with Crippen molar-refractivity contribution in [1.29, 1.82) is 0 Å². The number of aromatic amines is 1. The molecule has 0 fully saturated rings. The highest BCUT2D eigenvalue weighted by Gasteiger charge is 2.22. The van der Waals surface area contributed by atoms with E-state index in [1.54, 1.807) is 0 Å². The van der Waals surface area contributed by atoms with Crippen LogP contribution in [0.4, 0.5) is 9.59 Å². The zero-order chi connectivity index (χ0) is 29.0. The number of nitrogens with one attached hydrogen (secondary N) is 3. The number of aromatic nitrogens is 2. The number of rotatable bonds is 13. The van der Waals surface area contributed by atoms with Gasteiger partial charge < -0.3 is 30.2 Å². The molecule has 0 saturated carbocycles. The topological polar surface area (TPSA) is 103 Å². The Balaban J connectivity index is 1.69. The standard InChI is InChI=1S/C31H44N6O3/c1-31(2,3)40-30(39)32-19-13-12-18-26(28-33-22-27(34-28)25-16-10-7-11-17-25)35-29(38)37(21-20-36(4)5)23-24-14-8-6-9-15-24/h6-11,14-17,22,26H,12-13,18-21,23H2,1-5H3,(H,32,39)(H,33,34)(H,35,38)/t26-/m0/s1. The van der Waals surface area contributed by atoms with E-state index in [-0.39, 0.29) is 12.1 Å². The number of hydrogen-bond donors (Lipinski definition) is 3. The SMILES string of the molecule is CN(C)CCN(Cc1ccccc1)C(=O)N[C@@H](CCCCNC(=O)OC(C)(C)C)c1nc(-c2ccccc2)c[nH]1. The van der Waals surface area contributed by atoms with Crippen molar-refractivity contribution in [2.45, 2.75) is 58.2 Å². The van der Waals surface area contributed by atoms with E-state index in [1.165, 1.54) is 0 Å². The Kier molecular flexibility index (Phi) is 11.6. The lowest BCUT2D eigenvalue weighted by Crippen LogP contribution is -2.44. The molecule has 0 aliphatic heterocycles. The minimum atomic E-state index is -0.534. The van der Waals surface area contributed by atoms with Gasteiger partial charge in [-0.25, -0.2) is 14.6 Å². The molecule has 3 amide bonds. The molecule has 0 unspecified atom stereocenters. The number of likely N-dealkylation sites (N-methyl/N-ethyl adjacent to an activating group) is 1. The van der Waals surface area contributed by atoms with Crippen LogP contribution in [0.25, 0.3) is 11.3 Å². The molecule has 0 spiro atoms. The summed E-state index contributed by atoms with van der Waals surface area (Å²) in [6.07, 6.45) is 3.64. The van der Waals surface area contributed by atoms with Crippen LogP contribution in [0, 0.1) is 0 Å². The van der Waals surface area contributed by atoms with Gasteiger partial charge in [0.1, 0.15) is 11.4 Å². The van der Waals surface area contributed by atoms with Gasteiger partial charge in [0.25, 0.3) is 0 Å². The highest BCUT2D eigenvalue weighted by Crippen LogP contribution is 2.22. The Labute approximate surface area is 238 Å². The maximum absolute atomic E-state index is 13.6. The second kappa shape index (κ2) is 15.1. The van der Waals surface area contributed by atoms with Gasteiger partial charge in [0, 0.05) is 37.9 Å². The molecule has 0 aliphatic carbocycles. The Morgan fingerprint density at radius 3 is 2.30 bits per heavy atom. The van der Waals surface area contributed by atoms with Crippen molar-refractivity contribution in [3.8, 4) is 11.3 Å². The monoisotopic (exact) mass is 548 g/mol. The van der Waals surface area contributed by atoms with Crippen LogP contribution in [-0.2, 0) is 11.3 Å². The highest BCUT2D eigenvalue weighted by atomic mass is 16.6. The van der Waals surface area contributed by atoms with Crippen LogP contribution in [0.3, 0.4) is 0 Å². The van der Waals surface area contributed by atoms with E-state index >= 15 is 0 Å². The zero-order valence-corrected chi connectivity index (χ0v) is 24.4. The first-order valence-electron chi connectivity index (χ1n) is 13.9. The second-order valence-corrected chi connectivity index (χ2v) is 11.2. The fraction of sp³-hybridized carbons (Fsp3) is 0.452. The van der Waals surface area contributed by atoms with Crippen LogP contribution >= 0.6 is 0 Å². The van der Waals surface area contributed by atoms with E-state index in [9.17, 15) is 9.59 Å². The summed E-state index contributed by atoms with van der Waals surface area (Å²) < 4.78 is 5.32. The van der Waals surface area contributed by atoms with Gasteiger partial charge in [-0.2, -0.15) is 0 Å².